The summed E-state index contributed by atoms with van der Waals surface area (Å²) in [6.45, 7) is 7.98. The fourth-order valence-corrected chi connectivity index (χ4v) is 3.76. The molecular formula is C21H32FNO10. The maximum Gasteiger partial charge on any atom is 0.383 e. The van der Waals surface area contributed by atoms with E-state index < -0.39 is 72.0 Å². The number of alkyl halides is 1. The summed E-state index contributed by atoms with van der Waals surface area (Å²) in [4.78, 5) is 60.1. The molecule has 1 saturated heterocycles. The molecule has 1 rings (SSSR count). The Kier molecular flexibility index (Phi) is 10.2. The molecular weight excluding hydrogens is 445 g/mol. The molecule has 11 nitrogen and oxygen atoms in total. The van der Waals surface area contributed by atoms with Crippen molar-refractivity contribution in [3.63, 3.8) is 0 Å². The number of amides is 1. The standard InChI is InChI=1S/C21H32FNO10/c1-8-14(30-11(4)24)10(3)17-16(23-15(27)9-2)18(31-12(5)25)19(22)21(33-17,20(28)29-7)32-13(6)26/h10,14,16-19H,8-9H2,1-7H3,(H,23,27)/t10-,14-,16+,17?,18+,19?,21-/m1/s1. The van der Waals surface area contributed by atoms with Gasteiger partial charge in [0.05, 0.1) is 19.3 Å². The summed E-state index contributed by atoms with van der Waals surface area (Å²) in [5, 5.41) is 2.55. The van der Waals surface area contributed by atoms with Gasteiger partial charge in [-0.3, -0.25) is 19.2 Å². The first kappa shape index (κ1) is 28.3. The fourth-order valence-electron chi connectivity index (χ4n) is 3.76. The molecule has 7 atom stereocenters. The number of hydrogen-bond donors (Lipinski definition) is 1. The van der Waals surface area contributed by atoms with Crippen LogP contribution >= 0.6 is 0 Å². The van der Waals surface area contributed by atoms with Crippen molar-refractivity contribution in [2.45, 2.75) is 90.7 Å². The predicted molar refractivity (Wildman–Crippen MR) is 109 cm³/mol. The van der Waals surface area contributed by atoms with Gasteiger partial charge >= 0.3 is 29.7 Å². The molecule has 0 bridgehead atoms. The van der Waals surface area contributed by atoms with E-state index in [1.807, 2.05) is 0 Å². The minimum absolute atomic E-state index is 0.00852. The number of carbonyl (C=O) groups is 5. The van der Waals surface area contributed by atoms with Gasteiger partial charge in [0.1, 0.15) is 6.10 Å². The first-order valence-electron chi connectivity index (χ1n) is 10.6. The highest BCUT2D eigenvalue weighted by molar-refractivity contribution is 5.83. The summed E-state index contributed by atoms with van der Waals surface area (Å²) in [5.41, 5.74) is 0. The van der Waals surface area contributed by atoms with Gasteiger partial charge in [-0.1, -0.05) is 20.8 Å². The Bertz CT molecular complexity index is 759. The first-order valence-corrected chi connectivity index (χ1v) is 10.6. The minimum atomic E-state index is -2.93. The van der Waals surface area contributed by atoms with E-state index in [0.29, 0.717) is 6.42 Å². The predicted octanol–water partition coefficient (Wildman–Crippen LogP) is 0.960. The highest BCUT2D eigenvalue weighted by Gasteiger charge is 2.66. The van der Waals surface area contributed by atoms with Crippen LogP contribution in [0.3, 0.4) is 0 Å². The number of ether oxygens (including phenoxy) is 5. The summed E-state index contributed by atoms with van der Waals surface area (Å²) in [7, 11) is 0.932. The molecule has 1 heterocycles. The third-order valence-electron chi connectivity index (χ3n) is 5.21. The number of rotatable bonds is 9. The summed E-state index contributed by atoms with van der Waals surface area (Å²) < 4.78 is 41.7. The van der Waals surface area contributed by atoms with Crippen molar-refractivity contribution in [1.82, 2.24) is 5.32 Å². The molecule has 1 amide bonds. The molecule has 1 aliphatic heterocycles. The summed E-state index contributed by atoms with van der Waals surface area (Å²) in [5.74, 6) is -8.21. The number of methoxy groups -OCH3 is 1. The third kappa shape index (κ3) is 6.62. The van der Waals surface area contributed by atoms with Gasteiger partial charge in [0.15, 0.2) is 6.10 Å². The number of halogens is 1. The van der Waals surface area contributed by atoms with E-state index in [0.717, 1.165) is 21.0 Å². The second kappa shape index (κ2) is 11.9. The van der Waals surface area contributed by atoms with Gasteiger partial charge in [0.2, 0.25) is 12.1 Å². The molecule has 0 aromatic heterocycles. The van der Waals surface area contributed by atoms with Crippen LogP contribution in [0.2, 0.25) is 0 Å². The Morgan fingerprint density at radius 2 is 1.67 bits per heavy atom. The van der Waals surface area contributed by atoms with Crippen LogP contribution in [0.5, 0.6) is 0 Å². The van der Waals surface area contributed by atoms with E-state index in [2.05, 4.69) is 10.1 Å². The van der Waals surface area contributed by atoms with Gasteiger partial charge in [-0.25, -0.2) is 9.18 Å². The molecule has 1 aliphatic rings. The summed E-state index contributed by atoms with van der Waals surface area (Å²) in [6.07, 6.45) is -6.15. The second-order valence-corrected chi connectivity index (χ2v) is 7.67. The first-order chi connectivity index (χ1) is 15.3. The molecule has 0 aromatic rings. The monoisotopic (exact) mass is 477 g/mol. The van der Waals surface area contributed by atoms with Crippen molar-refractivity contribution >= 4 is 29.8 Å². The van der Waals surface area contributed by atoms with Crippen LogP contribution in [0.25, 0.3) is 0 Å². The zero-order valence-electron chi connectivity index (χ0n) is 19.8. The lowest BCUT2D eigenvalue weighted by Crippen LogP contribution is -2.73. The van der Waals surface area contributed by atoms with Crippen molar-refractivity contribution in [1.29, 1.82) is 0 Å². The zero-order valence-corrected chi connectivity index (χ0v) is 19.8. The molecule has 2 unspecified atom stereocenters. The number of carbonyl (C=O) groups excluding carboxylic acids is 5. The number of esters is 4. The lowest BCUT2D eigenvalue weighted by atomic mass is 9.82. The van der Waals surface area contributed by atoms with E-state index >= 15 is 4.39 Å². The molecule has 1 fully saturated rings. The normalized spacial score (nSPS) is 28.6. The Hall–Kier alpha value is -2.76. The van der Waals surface area contributed by atoms with Crippen molar-refractivity contribution in [2.75, 3.05) is 7.11 Å². The quantitative estimate of drug-likeness (QED) is 0.377. The maximum absolute atomic E-state index is 15.8. The molecule has 0 aromatic carbocycles. The van der Waals surface area contributed by atoms with Crippen LogP contribution in [-0.4, -0.2) is 73.2 Å². The fraction of sp³-hybridized carbons (Fsp3) is 0.762. The van der Waals surface area contributed by atoms with Crippen molar-refractivity contribution in [3.8, 4) is 0 Å². The highest BCUT2D eigenvalue weighted by Crippen LogP contribution is 2.40. The molecule has 0 spiro atoms. The van der Waals surface area contributed by atoms with Crippen LogP contribution in [-0.2, 0) is 47.7 Å². The average Bonchev–Trinajstić information content (AvgIpc) is 2.74. The highest BCUT2D eigenvalue weighted by atomic mass is 19.1. The molecule has 0 radical (unpaired) electrons. The SMILES string of the molecule is CCC(=O)N[C@H]1C([C@H](C)[C@@H](CC)OC(C)=O)O[C@@](OC(C)=O)(C(=O)OC)C(F)[C@H]1OC(C)=O. The number of nitrogens with one attached hydrogen (secondary N) is 1. The molecule has 188 valence electrons. The number of hydrogen-bond acceptors (Lipinski definition) is 10. The molecule has 0 aliphatic carbocycles. The van der Waals surface area contributed by atoms with Gasteiger partial charge in [-0.2, -0.15) is 0 Å². The van der Waals surface area contributed by atoms with E-state index in [1.165, 1.54) is 6.92 Å². The minimum Gasteiger partial charge on any atom is -0.464 e. The summed E-state index contributed by atoms with van der Waals surface area (Å²) in [6, 6.07) is -1.32. The van der Waals surface area contributed by atoms with Gasteiger partial charge in [-0.15, -0.1) is 0 Å². The smallest absolute Gasteiger partial charge is 0.383 e. The second-order valence-electron chi connectivity index (χ2n) is 7.67. The third-order valence-corrected chi connectivity index (χ3v) is 5.21. The van der Waals surface area contributed by atoms with Crippen LogP contribution < -0.4 is 5.32 Å². The lowest BCUT2D eigenvalue weighted by Gasteiger charge is -2.49. The Balaban J connectivity index is 3.70. The zero-order chi connectivity index (χ0) is 25.5. The van der Waals surface area contributed by atoms with Gasteiger partial charge in [-0.05, 0) is 6.42 Å². The maximum atomic E-state index is 15.8. The van der Waals surface area contributed by atoms with Crippen LogP contribution in [0, 0.1) is 5.92 Å². The summed E-state index contributed by atoms with van der Waals surface area (Å²) >= 11 is 0. The Morgan fingerprint density at radius 1 is 1.06 bits per heavy atom. The van der Waals surface area contributed by atoms with Crippen molar-refractivity contribution in [3.05, 3.63) is 0 Å². The molecule has 1 N–H and O–H groups in total. The molecule has 12 heteroatoms. The van der Waals surface area contributed by atoms with Crippen molar-refractivity contribution < 1.29 is 52.0 Å². The van der Waals surface area contributed by atoms with Crippen molar-refractivity contribution in [2.24, 2.45) is 5.92 Å². The van der Waals surface area contributed by atoms with Gasteiger partial charge < -0.3 is 29.0 Å². The molecule has 0 saturated carbocycles. The topological polar surface area (TPSA) is 144 Å². The Labute approximate surface area is 191 Å². The van der Waals surface area contributed by atoms with E-state index in [9.17, 15) is 24.0 Å². The largest absolute Gasteiger partial charge is 0.464 e. The average molecular weight is 477 g/mol. The van der Waals surface area contributed by atoms with E-state index in [-0.39, 0.29) is 6.42 Å². The van der Waals surface area contributed by atoms with Gasteiger partial charge in [0, 0.05) is 33.1 Å². The van der Waals surface area contributed by atoms with E-state index in [4.69, 9.17) is 18.9 Å². The lowest BCUT2D eigenvalue weighted by molar-refractivity contribution is -0.320. The Morgan fingerprint density at radius 3 is 2.09 bits per heavy atom. The van der Waals surface area contributed by atoms with Crippen LogP contribution in [0.15, 0.2) is 0 Å². The van der Waals surface area contributed by atoms with Crippen LogP contribution in [0.1, 0.15) is 54.4 Å². The van der Waals surface area contributed by atoms with E-state index in [1.54, 1.807) is 20.8 Å². The molecule has 33 heavy (non-hydrogen) atoms. The van der Waals surface area contributed by atoms with Crippen LogP contribution in [0.4, 0.5) is 4.39 Å². The van der Waals surface area contributed by atoms with Gasteiger partial charge in [0.25, 0.3) is 0 Å².